The number of hydrogen-bond acceptors (Lipinski definition) is 7. The molecule has 0 saturated heterocycles. The lowest BCUT2D eigenvalue weighted by Gasteiger charge is -2.62. The average Bonchev–Trinajstić information content (AvgIpc) is 3.06. The Balaban J connectivity index is 2.24. The smallest absolute Gasteiger partial charge is 0.332 e. The Morgan fingerprint density at radius 1 is 1.24 bits per heavy atom. The van der Waals surface area contributed by atoms with Gasteiger partial charge in [0.25, 0.3) is 0 Å². The van der Waals surface area contributed by atoms with Gasteiger partial charge in [0.15, 0.2) is 0 Å². The molecule has 3 fully saturated rings. The lowest BCUT2D eigenvalue weighted by Crippen LogP contribution is -2.65. The maximum absolute atomic E-state index is 13.2. The molecule has 3 aliphatic carbocycles. The summed E-state index contributed by atoms with van der Waals surface area (Å²) in [6, 6.07) is 0. The van der Waals surface area contributed by atoms with Gasteiger partial charge < -0.3 is 25.2 Å². The quantitative estimate of drug-likeness (QED) is 0.498. The van der Waals surface area contributed by atoms with Crippen molar-refractivity contribution in [3.05, 3.63) is 0 Å². The number of carbonyl (C=O) groups excluding carboxylic acids is 2. The van der Waals surface area contributed by atoms with Gasteiger partial charge in [-0.05, 0) is 43.4 Å². The van der Waals surface area contributed by atoms with Crippen LogP contribution in [0.2, 0.25) is 0 Å². The molecule has 0 aromatic rings. The maximum Gasteiger partial charge on any atom is 0.332 e. The van der Waals surface area contributed by atoms with Crippen LogP contribution in [0.15, 0.2) is 0 Å². The molecule has 7 heteroatoms. The van der Waals surface area contributed by atoms with Crippen molar-refractivity contribution in [2.24, 2.45) is 34.0 Å². The number of ether oxygens (including phenoxy) is 1. The van der Waals surface area contributed by atoms with Crippen LogP contribution in [0.1, 0.15) is 59.3 Å². The van der Waals surface area contributed by atoms with Crippen LogP contribution in [0.25, 0.3) is 0 Å². The van der Waals surface area contributed by atoms with Crippen molar-refractivity contribution in [1.29, 1.82) is 0 Å². The molecule has 0 aromatic heterocycles. The second-order valence-corrected chi connectivity index (χ2v) is 9.89. The van der Waals surface area contributed by atoms with Crippen molar-refractivity contribution in [2.75, 3.05) is 19.8 Å². The third-order valence-corrected chi connectivity index (χ3v) is 9.11. The third-order valence-electron chi connectivity index (χ3n) is 9.11. The van der Waals surface area contributed by atoms with Crippen molar-refractivity contribution in [3.63, 3.8) is 0 Å². The topological polar surface area (TPSA) is 124 Å². The van der Waals surface area contributed by atoms with E-state index in [4.69, 9.17) is 4.74 Å². The molecule has 8 atom stereocenters. The minimum atomic E-state index is -1.02. The highest BCUT2D eigenvalue weighted by atomic mass is 16.6. The van der Waals surface area contributed by atoms with Crippen molar-refractivity contribution in [1.82, 2.24) is 0 Å². The lowest BCUT2D eigenvalue weighted by atomic mass is 9.43. The highest BCUT2D eigenvalue weighted by molar-refractivity contribution is 5.85. The van der Waals surface area contributed by atoms with Crippen molar-refractivity contribution < 1.29 is 34.8 Å². The van der Waals surface area contributed by atoms with Gasteiger partial charge in [-0.3, -0.25) is 4.79 Å². The second-order valence-electron chi connectivity index (χ2n) is 9.89. The molecule has 0 aliphatic heterocycles. The number of aliphatic hydroxyl groups is 4. The van der Waals surface area contributed by atoms with Gasteiger partial charge in [-0.1, -0.05) is 20.8 Å². The SMILES string of the molecule is CC[C@]1(CO)C[C@@H](OC(=O)CO)[C@@]2(C)C3C(=O)CC[C@@]3(CC[C@H]2C)[C@H](CO)[C@@H]1O. The summed E-state index contributed by atoms with van der Waals surface area (Å²) in [6.07, 6.45) is 1.37. The number of esters is 1. The molecule has 7 nitrogen and oxygen atoms in total. The summed E-state index contributed by atoms with van der Waals surface area (Å²) >= 11 is 0. The summed E-state index contributed by atoms with van der Waals surface area (Å²) in [7, 11) is 0. The van der Waals surface area contributed by atoms with E-state index in [0.717, 1.165) is 6.42 Å². The molecule has 3 aliphatic rings. The van der Waals surface area contributed by atoms with Gasteiger partial charge in [0.05, 0.1) is 12.7 Å². The first-order chi connectivity index (χ1) is 13.7. The van der Waals surface area contributed by atoms with E-state index in [9.17, 15) is 30.0 Å². The fraction of sp³-hybridized carbons (Fsp3) is 0.909. The summed E-state index contributed by atoms with van der Waals surface area (Å²) in [5.41, 5.74) is -2.23. The van der Waals surface area contributed by atoms with Gasteiger partial charge in [0, 0.05) is 35.7 Å². The monoisotopic (exact) mass is 412 g/mol. The largest absolute Gasteiger partial charge is 0.460 e. The number of Topliss-reactive ketones (excluding diaryl/α,β-unsaturated/α-hetero) is 1. The van der Waals surface area contributed by atoms with Gasteiger partial charge in [-0.15, -0.1) is 0 Å². The average molecular weight is 413 g/mol. The van der Waals surface area contributed by atoms with Crippen LogP contribution in [0.5, 0.6) is 0 Å². The molecule has 0 spiro atoms. The van der Waals surface area contributed by atoms with E-state index in [1.807, 2.05) is 13.8 Å². The van der Waals surface area contributed by atoms with E-state index in [1.165, 1.54) is 0 Å². The zero-order valence-electron chi connectivity index (χ0n) is 17.8. The Morgan fingerprint density at radius 3 is 2.48 bits per heavy atom. The predicted octanol–water partition coefficient (Wildman–Crippen LogP) is 1.05. The number of carbonyl (C=O) groups is 2. The maximum atomic E-state index is 13.2. The zero-order valence-corrected chi connectivity index (χ0v) is 17.8. The van der Waals surface area contributed by atoms with Gasteiger partial charge in [-0.25, -0.2) is 4.79 Å². The summed E-state index contributed by atoms with van der Waals surface area (Å²) in [6.45, 7) is 4.60. The molecule has 2 bridgehead atoms. The second kappa shape index (κ2) is 7.91. The van der Waals surface area contributed by atoms with E-state index < -0.39 is 52.9 Å². The Bertz CT molecular complexity index is 645. The van der Waals surface area contributed by atoms with Gasteiger partial charge >= 0.3 is 5.97 Å². The first-order valence-corrected chi connectivity index (χ1v) is 10.9. The van der Waals surface area contributed by atoms with E-state index in [-0.39, 0.29) is 31.3 Å². The molecule has 0 radical (unpaired) electrons. The molecular weight excluding hydrogens is 376 g/mol. The number of rotatable bonds is 5. The molecule has 3 rings (SSSR count). The van der Waals surface area contributed by atoms with Gasteiger partial charge in [-0.2, -0.15) is 0 Å². The van der Waals surface area contributed by atoms with Gasteiger partial charge in [0.2, 0.25) is 0 Å². The highest BCUT2D eigenvalue weighted by Gasteiger charge is 2.69. The van der Waals surface area contributed by atoms with Crippen LogP contribution in [0, 0.1) is 34.0 Å². The molecule has 1 unspecified atom stereocenters. The zero-order chi connectivity index (χ0) is 21.6. The van der Waals surface area contributed by atoms with Crippen molar-refractivity contribution in [2.45, 2.75) is 71.5 Å². The summed E-state index contributed by atoms with van der Waals surface area (Å²) in [5.74, 6) is -1.55. The van der Waals surface area contributed by atoms with Gasteiger partial charge in [0.1, 0.15) is 18.5 Å². The van der Waals surface area contributed by atoms with Crippen LogP contribution in [0.4, 0.5) is 0 Å². The number of aliphatic hydroxyl groups excluding tert-OH is 4. The van der Waals surface area contributed by atoms with Crippen LogP contribution >= 0.6 is 0 Å². The Kier molecular flexibility index (Phi) is 6.18. The summed E-state index contributed by atoms with van der Waals surface area (Å²) < 4.78 is 5.74. The summed E-state index contributed by atoms with van der Waals surface area (Å²) in [5, 5.41) is 41.5. The Morgan fingerprint density at radius 2 is 1.93 bits per heavy atom. The minimum absolute atomic E-state index is 0.0713. The van der Waals surface area contributed by atoms with Crippen LogP contribution < -0.4 is 0 Å². The molecule has 0 aromatic carbocycles. The van der Waals surface area contributed by atoms with E-state index in [1.54, 1.807) is 0 Å². The Labute approximate surface area is 172 Å². The fourth-order valence-electron chi connectivity index (χ4n) is 7.09. The van der Waals surface area contributed by atoms with Crippen molar-refractivity contribution in [3.8, 4) is 0 Å². The Hall–Kier alpha value is -1.02. The van der Waals surface area contributed by atoms with Crippen LogP contribution in [0.3, 0.4) is 0 Å². The van der Waals surface area contributed by atoms with Crippen LogP contribution in [-0.4, -0.2) is 64.2 Å². The standard InChI is InChI=1S/C22H36O7/c1-4-21(12-25)9-16(29-17(27)11-24)20(3)13(2)5-7-22(14(10-23)19(21)28)8-6-15(26)18(20)22/h13-14,16,18-19,23-25,28H,4-12H2,1-3H3/t13-,14-,16-,18?,19+,20+,21-,22+/m1/s1. The summed E-state index contributed by atoms with van der Waals surface area (Å²) in [4.78, 5) is 25.3. The molecule has 166 valence electrons. The lowest BCUT2D eigenvalue weighted by molar-refractivity contribution is -0.226. The molecule has 29 heavy (non-hydrogen) atoms. The first kappa shape index (κ1) is 22.7. The molecule has 0 amide bonds. The normalized spacial score (nSPS) is 47.3. The molecule has 0 heterocycles. The molecule has 4 N–H and O–H groups in total. The van der Waals surface area contributed by atoms with E-state index in [0.29, 0.717) is 25.7 Å². The highest BCUT2D eigenvalue weighted by Crippen LogP contribution is 2.68. The van der Waals surface area contributed by atoms with Crippen molar-refractivity contribution >= 4 is 11.8 Å². The number of ketones is 1. The number of hydrogen-bond donors (Lipinski definition) is 4. The predicted molar refractivity (Wildman–Crippen MR) is 105 cm³/mol. The van der Waals surface area contributed by atoms with E-state index >= 15 is 0 Å². The first-order valence-electron chi connectivity index (χ1n) is 10.9. The fourth-order valence-corrected chi connectivity index (χ4v) is 7.09. The third kappa shape index (κ3) is 3.08. The molecular formula is C22H36O7. The van der Waals surface area contributed by atoms with E-state index in [2.05, 4.69) is 6.92 Å². The molecule has 3 saturated carbocycles. The minimum Gasteiger partial charge on any atom is -0.460 e. The van der Waals surface area contributed by atoms with Crippen LogP contribution in [-0.2, 0) is 14.3 Å².